The van der Waals surface area contributed by atoms with Gasteiger partial charge in [0.1, 0.15) is 11.5 Å². The minimum atomic E-state index is -0.305. The van der Waals surface area contributed by atoms with Crippen LogP contribution in [0.5, 0.6) is 0 Å². The molecule has 23 heavy (non-hydrogen) atoms. The Morgan fingerprint density at radius 1 is 1.04 bits per heavy atom. The average Bonchev–Trinajstić information content (AvgIpc) is 3.23. The standard InChI is InChI=1S/C17H13Cl2NO3/c18-11-5-6-14(19)12(9-11)17(21)20-10-13(15-3-1-7-22-15)16-4-2-8-23-16/h1-9,13H,10H2,(H,20,21). The molecule has 0 bridgehead atoms. The number of hydrogen-bond donors (Lipinski definition) is 1. The van der Waals surface area contributed by atoms with Crippen molar-refractivity contribution >= 4 is 29.1 Å². The summed E-state index contributed by atoms with van der Waals surface area (Å²) in [5.74, 6) is 0.886. The fraction of sp³-hybridized carbons (Fsp3) is 0.118. The first kappa shape index (κ1) is 15.7. The number of nitrogens with one attached hydrogen (secondary N) is 1. The molecule has 0 unspecified atom stereocenters. The molecule has 0 aliphatic heterocycles. The third-order valence-corrected chi connectivity index (χ3v) is 3.98. The smallest absolute Gasteiger partial charge is 0.252 e. The second-order valence-electron chi connectivity index (χ2n) is 4.92. The molecule has 0 saturated heterocycles. The van der Waals surface area contributed by atoms with Gasteiger partial charge in [0.15, 0.2) is 0 Å². The van der Waals surface area contributed by atoms with Crippen LogP contribution in [0, 0.1) is 0 Å². The average molecular weight is 350 g/mol. The SMILES string of the molecule is O=C(NCC(c1ccco1)c1ccco1)c1cc(Cl)ccc1Cl. The maximum absolute atomic E-state index is 12.3. The lowest BCUT2D eigenvalue weighted by molar-refractivity contribution is 0.0951. The first-order valence-electron chi connectivity index (χ1n) is 6.95. The van der Waals surface area contributed by atoms with E-state index < -0.39 is 0 Å². The van der Waals surface area contributed by atoms with Gasteiger partial charge in [0.05, 0.1) is 29.0 Å². The summed E-state index contributed by atoms with van der Waals surface area (Å²) in [6.45, 7) is 0.308. The van der Waals surface area contributed by atoms with Crippen molar-refractivity contribution in [3.8, 4) is 0 Å². The molecule has 2 heterocycles. The van der Waals surface area contributed by atoms with Crippen LogP contribution in [-0.4, -0.2) is 12.5 Å². The number of benzene rings is 1. The van der Waals surface area contributed by atoms with E-state index in [0.29, 0.717) is 33.7 Å². The van der Waals surface area contributed by atoms with Gasteiger partial charge in [-0.2, -0.15) is 0 Å². The fourth-order valence-electron chi connectivity index (χ4n) is 2.28. The third kappa shape index (κ3) is 3.60. The highest BCUT2D eigenvalue weighted by Gasteiger charge is 2.21. The quantitative estimate of drug-likeness (QED) is 0.723. The lowest BCUT2D eigenvalue weighted by Crippen LogP contribution is -2.28. The third-order valence-electron chi connectivity index (χ3n) is 3.41. The van der Waals surface area contributed by atoms with Gasteiger partial charge in [-0.25, -0.2) is 0 Å². The molecule has 118 valence electrons. The topological polar surface area (TPSA) is 55.4 Å². The molecule has 1 N–H and O–H groups in total. The van der Waals surface area contributed by atoms with Crippen LogP contribution in [-0.2, 0) is 0 Å². The minimum absolute atomic E-state index is 0.220. The number of amides is 1. The molecule has 2 aromatic heterocycles. The van der Waals surface area contributed by atoms with E-state index in [4.69, 9.17) is 32.0 Å². The molecule has 0 atom stereocenters. The van der Waals surface area contributed by atoms with E-state index in [1.807, 2.05) is 12.1 Å². The van der Waals surface area contributed by atoms with Gasteiger partial charge in [-0.3, -0.25) is 4.79 Å². The van der Waals surface area contributed by atoms with Crippen LogP contribution in [0.3, 0.4) is 0 Å². The van der Waals surface area contributed by atoms with Crippen LogP contribution in [0.25, 0.3) is 0 Å². The number of carbonyl (C=O) groups excluding carboxylic acids is 1. The van der Waals surface area contributed by atoms with Crippen LogP contribution < -0.4 is 5.32 Å². The van der Waals surface area contributed by atoms with E-state index in [0.717, 1.165) is 0 Å². The van der Waals surface area contributed by atoms with Gasteiger partial charge >= 0.3 is 0 Å². The Morgan fingerprint density at radius 3 is 2.26 bits per heavy atom. The summed E-state index contributed by atoms with van der Waals surface area (Å²) in [5.41, 5.74) is 0.330. The van der Waals surface area contributed by atoms with Gasteiger partial charge in [-0.15, -0.1) is 0 Å². The van der Waals surface area contributed by atoms with E-state index in [2.05, 4.69) is 5.32 Å². The summed E-state index contributed by atoms with van der Waals surface area (Å²) < 4.78 is 10.9. The van der Waals surface area contributed by atoms with Crippen molar-refractivity contribution in [2.24, 2.45) is 0 Å². The van der Waals surface area contributed by atoms with Crippen molar-refractivity contribution in [2.75, 3.05) is 6.54 Å². The Hall–Kier alpha value is -2.17. The molecule has 3 rings (SSSR count). The second-order valence-corrected chi connectivity index (χ2v) is 5.76. The zero-order valence-corrected chi connectivity index (χ0v) is 13.5. The zero-order chi connectivity index (χ0) is 16.2. The molecule has 0 aliphatic rings. The Bertz CT molecular complexity index is 748. The fourth-order valence-corrected chi connectivity index (χ4v) is 2.66. The van der Waals surface area contributed by atoms with Crippen LogP contribution >= 0.6 is 23.2 Å². The molecule has 0 radical (unpaired) electrons. The second kappa shape index (κ2) is 6.94. The highest BCUT2D eigenvalue weighted by atomic mass is 35.5. The Morgan fingerprint density at radius 2 is 1.70 bits per heavy atom. The molecule has 4 nitrogen and oxygen atoms in total. The monoisotopic (exact) mass is 349 g/mol. The first-order chi connectivity index (χ1) is 11.1. The molecule has 0 saturated carbocycles. The summed E-state index contributed by atoms with van der Waals surface area (Å²) in [6, 6.07) is 12.0. The van der Waals surface area contributed by atoms with Crippen molar-refractivity contribution in [1.82, 2.24) is 5.32 Å². The van der Waals surface area contributed by atoms with Gasteiger partial charge in [0.2, 0.25) is 0 Å². The summed E-state index contributed by atoms with van der Waals surface area (Å²) in [7, 11) is 0. The van der Waals surface area contributed by atoms with E-state index in [1.165, 1.54) is 6.07 Å². The molecule has 3 aromatic rings. The lowest BCUT2D eigenvalue weighted by Gasteiger charge is -2.14. The Labute approximate surface area is 143 Å². The molecule has 1 amide bonds. The molecule has 0 aliphatic carbocycles. The molecule has 0 fully saturated rings. The van der Waals surface area contributed by atoms with Gasteiger partial charge in [0.25, 0.3) is 5.91 Å². The molecular weight excluding hydrogens is 337 g/mol. The van der Waals surface area contributed by atoms with Crippen LogP contribution in [0.15, 0.2) is 63.8 Å². The maximum Gasteiger partial charge on any atom is 0.252 e. The maximum atomic E-state index is 12.3. The van der Waals surface area contributed by atoms with Crippen LogP contribution in [0.4, 0.5) is 0 Å². The van der Waals surface area contributed by atoms with Crippen molar-refractivity contribution in [2.45, 2.75) is 5.92 Å². The summed E-state index contributed by atoms with van der Waals surface area (Å²) in [5, 5.41) is 3.64. The summed E-state index contributed by atoms with van der Waals surface area (Å²) >= 11 is 12.0. The number of hydrogen-bond acceptors (Lipinski definition) is 3. The van der Waals surface area contributed by atoms with Crippen molar-refractivity contribution in [3.63, 3.8) is 0 Å². The first-order valence-corrected chi connectivity index (χ1v) is 7.71. The number of halogens is 2. The molecule has 6 heteroatoms. The van der Waals surface area contributed by atoms with Crippen molar-refractivity contribution in [1.29, 1.82) is 0 Å². The van der Waals surface area contributed by atoms with Gasteiger partial charge in [-0.1, -0.05) is 23.2 Å². The van der Waals surface area contributed by atoms with E-state index in [9.17, 15) is 4.79 Å². The zero-order valence-electron chi connectivity index (χ0n) is 12.0. The number of rotatable bonds is 5. The molecule has 1 aromatic carbocycles. The van der Waals surface area contributed by atoms with Crippen LogP contribution in [0.1, 0.15) is 27.8 Å². The molecule has 0 spiro atoms. The van der Waals surface area contributed by atoms with E-state index in [1.54, 1.807) is 36.8 Å². The lowest BCUT2D eigenvalue weighted by atomic mass is 10.0. The predicted molar refractivity (Wildman–Crippen MR) is 88.1 cm³/mol. The molecular formula is C17H13Cl2NO3. The van der Waals surface area contributed by atoms with Crippen molar-refractivity contribution < 1.29 is 13.6 Å². The van der Waals surface area contributed by atoms with E-state index >= 15 is 0 Å². The summed E-state index contributed by atoms with van der Waals surface area (Å²) in [4.78, 5) is 12.3. The largest absolute Gasteiger partial charge is 0.469 e. The highest BCUT2D eigenvalue weighted by molar-refractivity contribution is 6.35. The Kier molecular flexibility index (Phi) is 4.74. The number of carbonyl (C=O) groups is 1. The van der Waals surface area contributed by atoms with Gasteiger partial charge in [-0.05, 0) is 42.5 Å². The van der Waals surface area contributed by atoms with Crippen LogP contribution in [0.2, 0.25) is 10.0 Å². The number of furan rings is 2. The van der Waals surface area contributed by atoms with Gasteiger partial charge in [0, 0.05) is 11.6 Å². The minimum Gasteiger partial charge on any atom is -0.469 e. The highest BCUT2D eigenvalue weighted by Crippen LogP contribution is 2.25. The van der Waals surface area contributed by atoms with Gasteiger partial charge < -0.3 is 14.2 Å². The van der Waals surface area contributed by atoms with Crippen molar-refractivity contribution in [3.05, 3.63) is 82.1 Å². The van der Waals surface area contributed by atoms with E-state index in [-0.39, 0.29) is 11.8 Å². The normalized spacial score (nSPS) is 10.9. The predicted octanol–water partition coefficient (Wildman–Crippen LogP) is 4.74. The summed E-state index contributed by atoms with van der Waals surface area (Å²) in [6.07, 6.45) is 3.17. The Balaban J connectivity index is 1.77.